The van der Waals surface area contributed by atoms with Crippen molar-refractivity contribution in [1.82, 2.24) is 24.1 Å². The van der Waals surface area contributed by atoms with Crippen LogP contribution in [0.4, 0.5) is 26.3 Å². The van der Waals surface area contributed by atoms with E-state index < -0.39 is 23.5 Å². The summed E-state index contributed by atoms with van der Waals surface area (Å²) in [5.74, 6) is 1.12. The maximum Gasteiger partial charge on any atom is 0.416 e. The van der Waals surface area contributed by atoms with Gasteiger partial charge in [0.05, 0.1) is 50.5 Å². The van der Waals surface area contributed by atoms with E-state index in [9.17, 15) is 31.6 Å². The van der Waals surface area contributed by atoms with Crippen LogP contribution in [0.15, 0.2) is 194 Å². The summed E-state index contributed by atoms with van der Waals surface area (Å²) < 4.78 is 90.6. The number of halogens is 6. The molecule has 0 bridgehead atoms. The van der Waals surface area contributed by atoms with Crippen molar-refractivity contribution < 1.29 is 26.3 Å². The van der Waals surface area contributed by atoms with E-state index in [1.54, 1.807) is 18.2 Å². The van der Waals surface area contributed by atoms with Crippen LogP contribution in [0.25, 0.3) is 111 Å². The molecule has 3 heterocycles. The van der Waals surface area contributed by atoms with Crippen molar-refractivity contribution in [2.75, 3.05) is 0 Å². The Balaban J connectivity index is 1.22. The molecule has 74 heavy (non-hydrogen) atoms. The maximum atomic E-state index is 14.5. The standard InChI is InChI=1S/C62H38F6N6/c1-36-16-23-53-48(28-36)51-32-43(61(63,64)65)19-26-54(51)73(53)45-21-22-46(60-71-58(39-11-5-3-6-12-39)70-59(72-60)40-13-7-4-8-14-40)47(34-45)50-31-42(41-15-9-10-38(30-41)35-69)18-25-56(50)74-55-24-17-37(2)29-49(55)52-33-44(62(66,67)68)20-27-57(52)74/h3-34H,1-2H3. The van der Waals surface area contributed by atoms with Crippen LogP contribution in [0.2, 0.25) is 0 Å². The highest BCUT2D eigenvalue weighted by Gasteiger charge is 2.33. The Morgan fingerprint density at radius 2 is 0.878 bits per heavy atom. The highest BCUT2D eigenvalue weighted by molar-refractivity contribution is 6.12. The third-order valence-electron chi connectivity index (χ3n) is 13.6. The van der Waals surface area contributed by atoms with Crippen molar-refractivity contribution in [2.45, 2.75) is 26.2 Å². The Labute approximate surface area is 419 Å². The van der Waals surface area contributed by atoms with Crippen LogP contribution in [0.5, 0.6) is 0 Å². The van der Waals surface area contributed by atoms with Gasteiger partial charge in [-0.15, -0.1) is 0 Å². The van der Waals surface area contributed by atoms with Gasteiger partial charge in [-0.1, -0.05) is 102 Å². The third-order valence-corrected chi connectivity index (χ3v) is 13.6. The summed E-state index contributed by atoms with van der Waals surface area (Å²) in [6.07, 6.45) is -9.19. The van der Waals surface area contributed by atoms with E-state index in [1.807, 2.05) is 163 Å². The molecule has 0 atom stereocenters. The smallest absolute Gasteiger partial charge is 0.309 e. The number of aromatic nitrogens is 5. The summed E-state index contributed by atoms with van der Waals surface area (Å²) >= 11 is 0. The summed E-state index contributed by atoms with van der Waals surface area (Å²) in [7, 11) is 0. The first-order chi connectivity index (χ1) is 35.7. The highest BCUT2D eigenvalue weighted by Crippen LogP contribution is 2.45. The number of hydrogen-bond donors (Lipinski definition) is 0. The van der Waals surface area contributed by atoms with Crippen LogP contribution in [-0.4, -0.2) is 24.1 Å². The normalized spacial score (nSPS) is 12.0. The van der Waals surface area contributed by atoms with Gasteiger partial charge in [-0.2, -0.15) is 31.6 Å². The lowest BCUT2D eigenvalue weighted by Gasteiger charge is -2.20. The summed E-state index contributed by atoms with van der Waals surface area (Å²) in [6.45, 7) is 3.79. The van der Waals surface area contributed by atoms with Gasteiger partial charge in [0.25, 0.3) is 0 Å². The van der Waals surface area contributed by atoms with E-state index in [-0.39, 0.29) is 0 Å². The van der Waals surface area contributed by atoms with Crippen LogP contribution in [0, 0.1) is 25.2 Å². The maximum absolute atomic E-state index is 14.5. The molecule has 0 saturated heterocycles. The van der Waals surface area contributed by atoms with Gasteiger partial charge in [0.1, 0.15) is 0 Å². The lowest BCUT2D eigenvalue weighted by Crippen LogP contribution is -2.05. The minimum atomic E-state index is -4.60. The first-order valence-corrected chi connectivity index (χ1v) is 23.6. The van der Waals surface area contributed by atoms with Gasteiger partial charge in [0.2, 0.25) is 0 Å². The highest BCUT2D eigenvalue weighted by atomic mass is 19.4. The van der Waals surface area contributed by atoms with Crippen molar-refractivity contribution in [2.24, 2.45) is 0 Å². The first kappa shape index (κ1) is 45.8. The largest absolute Gasteiger partial charge is 0.416 e. The van der Waals surface area contributed by atoms with Crippen LogP contribution < -0.4 is 0 Å². The second-order valence-electron chi connectivity index (χ2n) is 18.4. The Hall–Kier alpha value is -9.34. The minimum Gasteiger partial charge on any atom is -0.309 e. The molecular weight excluding hydrogens is 943 g/mol. The molecule has 0 spiro atoms. The van der Waals surface area contributed by atoms with E-state index in [0.29, 0.717) is 94.7 Å². The van der Waals surface area contributed by atoms with E-state index in [0.717, 1.165) is 45.5 Å². The number of fused-ring (bicyclic) bond motifs is 6. The van der Waals surface area contributed by atoms with Crippen LogP contribution >= 0.6 is 0 Å². The molecule has 0 saturated carbocycles. The summed E-state index contributed by atoms with van der Waals surface area (Å²) in [6, 6.07) is 59.1. The fraction of sp³-hybridized carbons (Fsp3) is 0.0645. The Morgan fingerprint density at radius 1 is 0.392 bits per heavy atom. The molecule has 0 aliphatic rings. The summed E-state index contributed by atoms with van der Waals surface area (Å²) in [5.41, 5.74) is 8.89. The summed E-state index contributed by atoms with van der Waals surface area (Å²) in [4.78, 5) is 15.3. The van der Waals surface area contributed by atoms with E-state index >= 15 is 0 Å². The SMILES string of the molecule is Cc1ccc2c(c1)c1cc(C(F)(F)F)ccc1n2-c1ccc(-c2nc(-c3ccccc3)nc(-c3ccccc3)n2)c(-c2cc(-c3cccc(C#N)c3)ccc2-n2c3ccc(C)cc3c3cc(C(F)(F)F)ccc32)c1. The lowest BCUT2D eigenvalue weighted by atomic mass is 9.92. The van der Waals surface area contributed by atoms with E-state index in [2.05, 4.69) is 6.07 Å². The zero-order valence-electron chi connectivity index (χ0n) is 39.4. The van der Waals surface area contributed by atoms with Crippen LogP contribution in [0.1, 0.15) is 27.8 Å². The van der Waals surface area contributed by atoms with Crippen molar-refractivity contribution in [1.29, 1.82) is 5.26 Å². The second-order valence-corrected chi connectivity index (χ2v) is 18.4. The molecule has 0 aliphatic carbocycles. The number of aryl methyl sites for hydroxylation is 2. The number of nitrogens with zero attached hydrogens (tertiary/aromatic N) is 6. The topological polar surface area (TPSA) is 72.3 Å². The predicted molar refractivity (Wildman–Crippen MR) is 280 cm³/mol. The van der Waals surface area contributed by atoms with E-state index in [1.165, 1.54) is 24.3 Å². The van der Waals surface area contributed by atoms with Gasteiger partial charge in [-0.05, 0) is 134 Å². The molecule has 358 valence electrons. The monoisotopic (exact) mass is 980 g/mol. The van der Waals surface area contributed by atoms with Gasteiger partial charge in [-0.25, -0.2) is 15.0 Å². The molecule has 12 heteroatoms. The average molecular weight is 981 g/mol. The quantitative estimate of drug-likeness (QED) is 0.149. The van der Waals surface area contributed by atoms with Gasteiger partial charge in [0, 0.05) is 49.5 Å². The number of alkyl halides is 6. The van der Waals surface area contributed by atoms with Crippen molar-refractivity contribution in [3.8, 4) is 73.9 Å². The van der Waals surface area contributed by atoms with Crippen LogP contribution in [0.3, 0.4) is 0 Å². The molecule has 3 aromatic heterocycles. The Kier molecular flexibility index (Phi) is 10.8. The molecule has 0 unspecified atom stereocenters. The molecule has 0 fully saturated rings. The molecule has 6 nitrogen and oxygen atoms in total. The molecule has 12 rings (SSSR count). The second kappa shape index (κ2) is 17.5. The molecule has 0 aliphatic heterocycles. The fourth-order valence-electron chi connectivity index (χ4n) is 10.1. The average Bonchev–Trinajstić information content (AvgIpc) is 3.92. The molecule has 12 aromatic rings. The van der Waals surface area contributed by atoms with Gasteiger partial charge >= 0.3 is 12.4 Å². The lowest BCUT2D eigenvalue weighted by molar-refractivity contribution is -0.138. The van der Waals surface area contributed by atoms with Gasteiger partial charge in [-0.3, -0.25) is 0 Å². The molecule has 0 radical (unpaired) electrons. The minimum absolute atomic E-state index is 0.308. The van der Waals surface area contributed by atoms with E-state index in [4.69, 9.17) is 15.0 Å². The van der Waals surface area contributed by atoms with Gasteiger partial charge < -0.3 is 9.13 Å². The Bertz CT molecular complexity index is 4200. The zero-order valence-corrected chi connectivity index (χ0v) is 39.4. The van der Waals surface area contributed by atoms with Crippen molar-refractivity contribution in [3.05, 3.63) is 222 Å². The predicted octanol–water partition coefficient (Wildman–Crippen LogP) is 16.9. The van der Waals surface area contributed by atoms with Gasteiger partial charge in [0.15, 0.2) is 17.5 Å². The molecule has 9 aromatic carbocycles. The first-order valence-electron chi connectivity index (χ1n) is 23.6. The third kappa shape index (κ3) is 7.99. The molecular formula is C62H38F6N6. The molecule has 0 N–H and O–H groups in total. The van der Waals surface area contributed by atoms with Crippen molar-refractivity contribution in [3.63, 3.8) is 0 Å². The number of rotatable bonds is 7. The molecule has 0 amide bonds. The van der Waals surface area contributed by atoms with Crippen LogP contribution in [-0.2, 0) is 12.4 Å². The van der Waals surface area contributed by atoms with Crippen molar-refractivity contribution >= 4 is 43.6 Å². The zero-order chi connectivity index (χ0) is 51.0. The number of benzene rings is 9. The number of hydrogen-bond acceptors (Lipinski definition) is 4. The fourth-order valence-corrected chi connectivity index (χ4v) is 10.1. The Morgan fingerprint density at radius 3 is 1.42 bits per heavy atom. The number of nitriles is 1. The summed E-state index contributed by atoms with van der Waals surface area (Å²) in [5, 5.41) is 12.1.